The Kier molecular flexibility index (Phi) is 4.37. The largest absolute Gasteiger partial charge is 0.0925 e. The Bertz CT molecular complexity index is 614. The van der Waals surface area contributed by atoms with Crippen LogP contribution >= 0.6 is 15.9 Å². The molecule has 0 fully saturated rings. The minimum absolute atomic E-state index is 1.02. The van der Waals surface area contributed by atoms with E-state index in [0.29, 0.717) is 0 Å². The second kappa shape index (κ2) is 6.41. The summed E-state index contributed by atoms with van der Waals surface area (Å²) in [6.07, 6.45) is 15.9. The van der Waals surface area contributed by atoms with Gasteiger partial charge in [0.2, 0.25) is 0 Å². The molecule has 0 bridgehead atoms. The number of aryl methyl sites for hydroxylation is 1. The molecule has 2 aliphatic rings. The molecule has 1 aromatic carbocycles. The van der Waals surface area contributed by atoms with Crippen molar-refractivity contribution in [2.75, 3.05) is 5.33 Å². The van der Waals surface area contributed by atoms with Crippen LogP contribution < -0.4 is 0 Å². The number of rotatable bonds is 2. The summed E-state index contributed by atoms with van der Waals surface area (Å²) in [6.45, 7) is 0. The van der Waals surface area contributed by atoms with Gasteiger partial charge in [-0.3, -0.25) is 0 Å². The summed E-state index contributed by atoms with van der Waals surface area (Å²) in [6, 6.07) is 8.87. The highest BCUT2D eigenvalue weighted by Gasteiger charge is 2.19. The van der Waals surface area contributed by atoms with Crippen molar-refractivity contribution in [3.63, 3.8) is 0 Å². The van der Waals surface area contributed by atoms with E-state index in [1.54, 1.807) is 0 Å². The predicted octanol–water partition coefficient (Wildman–Crippen LogP) is 5.61. The second-order valence-corrected chi connectivity index (χ2v) is 6.02. The van der Waals surface area contributed by atoms with Crippen LogP contribution in [-0.2, 0) is 6.42 Å². The van der Waals surface area contributed by atoms with Crippen LogP contribution in [0.25, 0.3) is 5.57 Å². The highest BCUT2D eigenvalue weighted by atomic mass is 79.9. The number of fused-ring (bicyclic) bond motifs is 2. The van der Waals surface area contributed by atoms with Crippen molar-refractivity contribution < 1.29 is 0 Å². The molecule has 20 heavy (non-hydrogen) atoms. The van der Waals surface area contributed by atoms with Gasteiger partial charge in [0.15, 0.2) is 0 Å². The molecule has 0 unspecified atom stereocenters. The first-order chi connectivity index (χ1) is 9.90. The number of allylic oxidation sites excluding steroid dienone is 8. The Morgan fingerprint density at radius 1 is 1.15 bits per heavy atom. The molecule has 0 aliphatic heterocycles. The van der Waals surface area contributed by atoms with Gasteiger partial charge in [0.05, 0.1) is 0 Å². The van der Waals surface area contributed by atoms with Crippen molar-refractivity contribution in [1.82, 2.24) is 0 Å². The van der Waals surface area contributed by atoms with E-state index in [1.807, 2.05) is 0 Å². The Labute approximate surface area is 129 Å². The summed E-state index contributed by atoms with van der Waals surface area (Å²) in [5.41, 5.74) is 7.25. The Morgan fingerprint density at radius 3 is 2.95 bits per heavy atom. The highest BCUT2D eigenvalue weighted by Crippen LogP contribution is 2.38. The zero-order valence-corrected chi connectivity index (χ0v) is 13.2. The molecular weight excluding hydrogens is 308 g/mol. The molecule has 0 radical (unpaired) electrons. The molecule has 0 spiro atoms. The molecule has 0 saturated carbocycles. The maximum Gasteiger partial charge on any atom is 0.00662 e. The number of alkyl halides is 1. The third-order valence-electron chi connectivity index (χ3n) is 3.96. The molecule has 0 nitrogen and oxygen atoms in total. The fourth-order valence-electron chi connectivity index (χ4n) is 3.00. The summed E-state index contributed by atoms with van der Waals surface area (Å²) in [7, 11) is 0. The lowest BCUT2D eigenvalue weighted by molar-refractivity contribution is 0.967. The smallest absolute Gasteiger partial charge is 0.00662 e. The lowest BCUT2D eigenvalue weighted by atomic mass is 9.91. The number of halogens is 1. The summed E-state index contributed by atoms with van der Waals surface area (Å²) < 4.78 is 0. The van der Waals surface area contributed by atoms with Crippen LogP contribution in [0, 0.1) is 0 Å². The summed E-state index contributed by atoms with van der Waals surface area (Å²) in [4.78, 5) is 0. The summed E-state index contributed by atoms with van der Waals surface area (Å²) >= 11 is 3.55. The van der Waals surface area contributed by atoms with Crippen LogP contribution in [0.5, 0.6) is 0 Å². The van der Waals surface area contributed by atoms with Crippen molar-refractivity contribution in [2.45, 2.75) is 25.7 Å². The molecule has 0 N–H and O–H groups in total. The lowest BCUT2D eigenvalue weighted by Crippen LogP contribution is -1.93. The Balaban J connectivity index is 2.14. The fourth-order valence-corrected chi connectivity index (χ4v) is 3.23. The van der Waals surface area contributed by atoms with Crippen LogP contribution in [0.15, 0.2) is 65.8 Å². The molecule has 1 aromatic rings. The minimum atomic E-state index is 1.02. The van der Waals surface area contributed by atoms with Crippen LogP contribution in [0.3, 0.4) is 0 Å². The number of hydrogen-bond donors (Lipinski definition) is 0. The average Bonchev–Trinajstić information content (AvgIpc) is 2.78. The highest BCUT2D eigenvalue weighted by molar-refractivity contribution is 9.09. The Hall–Kier alpha value is -1.34. The summed E-state index contributed by atoms with van der Waals surface area (Å²) in [5, 5.41) is 1.02. The fraction of sp³-hybridized carbons (Fsp3) is 0.263. The molecule has 102 valence electrons. The SMILES string of the molecule is BrCC/C=C1/C2=CCC=CC=C2CCc2ccccc21. The zero-order valence-electron chi connectivity index (χ0n) is 11.6. The van der Waals surface area contributed by atoms with Gasteiger partial charge in [-0.15, -0.1) is 0 Å². The van der Waals surface area contributed by atoms with Crippen LogP contribution in [0.2, 0.25) is 0 Å². The van der Waals surface area contributed by atoms with Crippen molar-refractivity contribution in [2.24, 2.45) is 0 Å². The second-order valence-electron chi connectivity index (χ2n) is 5.23. The minimum Gasteiger partial charge on any atom is -0.0925 e. The third kappa shape index (κ3) is 2.73. The molecule has 3 rings (SSSR count). The lowest BCUT2D eigenvalue weighted by Gasteiger charge is -2.13. The molecule has 0 aromatic heterocycles. The van der Waals surface area contributed by atoms with Gasteiger partial charge in [-0.25, -0.2) is 0 Å². The van der Waals surface area contributed by atoms with Crippen LogP contribution in [-0.4, -0.2) is 5.33 Å². The van der Waals surface area contributed by atoms with Gasteiger partial charge in [-0.1, -0.05) is 70.6 Å². The van der Waals surface area contributed by atoms with E-state index in [-0.39, 0.29) is 0 Å². The predicted molar refractivity (Wildman–Crippen MR) is 91.1 cm³/mol. The standard InChI is InChI=1S/C19H19Br/c20-14-6-11-19-17-9-3-1-2-7-15(17)12-13-16-8-4-5-10-18(16)19/h1-2,4-5,7-11H,3,6,12-14H2/b19-11-. The van der Waals surface area contributed by atoms with Crippen LogP contribution in [0.1, 0.15) is 30.4 Å². The number of benzene rings is 1. The van der Waals surface area contributed by atoms with E-state index in [2.05, 4.69) is 70.6 Å². The van der Waals surface area contributed by atoms with Gasteiger partial charge < -0.3 is 0 Å². The molecule has 0 atom stereocenters. The maximum atomic E-state index is 3.55. The molecule has 0 heterocycles. The molecule has 0 saturated heterocycles. The van der Waals surface area contributed by atoms with E-state index >= 15 is 0 Å². The average molecular weight is 327 g/mol. The first-order valence-corrected chi connectivity index (χ1v) is 8.43. The maximum absolute atomic E-state index is 3.55. The van der Waals surface area contributed by atoms with Crippen molar-refractivity contribution in [1.29, 1.82) is 0 Å². The molecule has 1 heteroatoms. The third-order valence-corrected chi connectivity index (χ3v) is 4.41. The van der Waals surface area contributed by atoms with Crippen LogP contribution in [0.4, 0.5) is 0 Å². The normalized spacial score (nSPS) is 19.6. The molecular formula is C19H19Br. The van der Waals surface area contributed by atoms with Crippen molar-refractivity contribution in [3.05, 3.63) is 76.9 Å². The van der Waals surface area contributed by atoms with Gasteiger partial charge >= 0.3 is 0 Å². The van der Waals surface area contributed by atoms with E-state index in [9.17, 15) is 0 Å². The first kappa shape index (κ1) is 13.6. The first-order valence-electron chi connectivity index (χ1n) is 7.31. The van der Waals surface area contributed by atoms with Crippen molar-refractivity contribution in [3.8, 4) is 0 Å². The number of hydrogen-bond acceptors (Lipinski definition) is 0. The van der Waals surface area contributed by atoms with Gasteiger partial charge in [-0.05, 0) is 53.5 Å². The van der Waals surface area contributed by atoms with Gasteiger partial charge in [0.25, 0.3) is 0 Å². The van der Waals surface area contributed by atoms with E-state index in [4.69, 9.17) is 0 Å². The van der Waals surface area contributed by atoms with Gasteiger partial charge in [0, 0.05) is 5.33 Å². The summed E-state index contributed by atoms with van der Waals surface area (Å²) in [5.74, 6) is 0. The quantitative estimate of drug-likeness (QED) is 0.619. The zero-order chi connectivity index (χ0) is 13.8. The monoisotopic (exact) mass is 326 g/mol. The topological polar surface area (TPSA) is 0 Å². The Morgan fingerprint density at radius 2 is 2.05 bits per heavy atom. The van der Waals surface area contributed by atoms with Crippen molar-refractivity contribution >= 4 is 21.5 Å². The molecule has 0 amide bonds. The van der Waals surface area contributed by atoms with E-state index in [1.165, 1.54) is 27.8 Å². The van der Waals surface area contributed by atoms with Gasteiger partial charge in [-0.2, -0.15) is 0 Å². The van der Waals surface area contributed by atoms with E-state index in [0.717, 1.165) is 31.0 Å². The van der Waals surface area contributed by atoms with Gasteiger partial charge in [0.1, 0.15) is 0 Å². The van der Waals surface area contributed by atoms with E-state index < -0.39 is 0 Å². The molecule has 2 aliphatic carbocycles.